The maximum Gasteiger partial charge on any atom is 0.123 e. The number of benzene rings is 2. The van der Waals surface area contributed by atoms with Gasteiger partial charge in [0.05, 0.1) is 12.3 Å². The van der Waals surface area contributed by atoms with Crippen LogP contribution in [0.3, 0.4) is 0 Å². The molecule has 0 saturated carbocycles. The van der Waals surface area contributed by atoms with Crippen LogP contribution in [0.1, 0.15) is 40.2 Å². The highest BCUT2D eigenvalue weighted by Crippen LogP contribution is 2.36. The lowest BCUT2D eigenvalue weighted by Gasteiger charge is -2.32. The van der Waals surface area contributed by atoms with E-state index in [4.69, 9.17) is 9.72 Å². The van der Waals surface area contributed by atoms with E-state index in [-0.39, 0.29) is 0 Å². The topological polar surface area (TPSA) is 25.4 Å². The first-order valence-electron chi connectivity index (χ1n) is 9.73. The molecule has 138 valence electrons. The van der Waals surface area contributed by atoms with Gasteiger partial charge in [-0.2, -0.15) is 0 Å². The normalized spacial score (nSPS) is 17.3. The third-order valence-corrected chi connectivity index (χ3v) is 6.94. The van der Waals surface area contributed by atoms with Gasteiger partial charge in [-0.1, -0.05) is 42.0 Å². The van der Waals surface area contributed by atoms with Crippen molar-refractivity contribution in [1.29, 1.82) is 0 Å². The number of nitrogens with zero attached hydrogens (tertiary/aromatic N) is 2. The van der Waals surface area contributed by atoms with E-state index in [0.29, 0.717) is 6.04 Å². The van der Waals surface area contributed by atoms with Crippen LogP contribution in [0.15, 0.2) is 42.5 Å². The van der Waals surface area contributed by atoms with E-state index in [1.165, 1.54) is 32.8 Å². The molecule has 0 bridgehead atoms. The van der Waals surface area contributed by atoms with Gasteiger partial charge in [-0.15, -0.1) is 11.3 Å². The molecule has 2 aliphatic rings. The van der Waals surface area contributed by atoms with Crippen molar-refractivity contribution in [3.8, 4) is 16.3 Å². The third-order valence-electron chi connectivity index (χ3n) is 5.81. The summed E-state index contributed by atoms with van der Waals surface area (Å²) in [6.45, 7) is 7.30. The Hall–Kier alpha value is -2.17. The number of aromatic nitrogens is 1. The Morgan fingerprint density at radius 2 is 1.96 bits per heavy atom. The van der Waals surface area contributed by atoms with E-state index in [0.717, 1.165) is 43.3 Å². The molecule has 0 N–H and O–H groups in total. The fourth-order valence-corrected chi connectivity index (χ4v) is 5.16. The van der Waals surface area contributed by atoms with Crippen molar-refractivity contribution < 1.29 is 4.74 Å². The van der Waals surface area contributed by atoms with Crippen LogP contribution < -0.4 is 4.74 Å². The third kappa shape index (κ3) is 3.17. The van der Waals surface area contributed by atoms with Crippen LogP contribution in [0.2, 0.25) is 0 Å². The van der Waals surface area contributed by atoms with Crippen LogP contribution in [0, 0.1) is 6.92 Å². The van der Waals surface area contributed by atoms with Gasteiger partial charge >= 0.3 is 0 Å². The molecule has 0 radical (unpaired) electrons. The minimum atomic E-state index is 0.387. The summed E-state index contributed by atoms with van der Waals surface area (Å²) >= 11 is 1.85. The summed E-state index contributed by atoms with van der Waals surface area (Å²) in [6.07, 6.45) is 2.07. The number of thiazole rings is 1. The van der Waals surface area contributed by atoms with E-state index in [1.807, 2.05) is 11.3 Å². The number of rotatable bonds is 3. The minimum Gasteiger partial charge on any atom is -0.493 e. The monoisotopic (exact) mass is 376 g/mol. The molecule has 2 aromatic carbocycles. The highest BCUT2D eigenvalue weighted by atomic mass is 32.1. The molecule has 27 heavy (non-hydrogen) atoms. The predicted molar refractivity (Wildman–Crippen MR) is 110 cm³/mol. The maximum atomic E-state index is 5.77. The van der Waals surface area contributed by atoms with E-state index in [1.54, 1.807) is 0 Å². The van der Waals surface area contributed by atoms with Crippen molar-refractivity contribution in [3.05, 3.63) is 69.7 Å². The van der Waals surface area contributed by atoms with E-state index < -0.39 is 0 Å². The minimum absolute atomic E-state index is 0.387. The van der Waals surface area contributed by atoms with Crippen molar-refractivity contribution in [3.63, 3.8) is 0 Å². The first-order chi connectivity index (χ1) is 13.2. The molecule has 1 unspecified atom stereocenters. The van der Waals surface area contributed by atoms with Crippen molar-refractivity contribution in [2.75, 3.05) is 13.2 Å². The lowest BCUT2D eigenvalue weighted by Crippen LogP contribution is -2.32. The van der Waals surface area contributed by atoms with Crippen molar-refractivity contribution in [2.24, 2.45) is 0 Å². The standard InChI is InChI=1S/C23H24N2OS/c1-15-3-5-18(6-4-15)23-24-20-9-11-25(14-22(20)27-23)16(2)19-8-7-17-10-12-26-21(17)13-19/h3-8,13,16H,9-12,14H2,1-2H3. The zero-order chi connectivity index (χ0) is 18.4. The Labute approximate surface area is 164 Å². The van der Waals surface area contributed by atoms with Crippen molar-refractivity contribution >= 4 is 11.3 Å². The zero-order valence-electron chi connectivity index (χ0n) is 15.9. The quantitative estimate of drug-likeness (QED) is 0.630. The fraction of sp³-hybridized carbons (Fsp3) is 0.348. The Balaban J connectivity index is 1.37. The lowest BCUT2D eigenvalue weighted by molar-refractivity contribution is 0.193. The van der Waals surface area contributed by atoms with Crippen LogP contribution >= 0.6 is 11.3 Å². The number of ether oxygens (including phenoxy) is 1. The number of aryl methyl sites for hydroxylation is 1. The Morgan fingerprint density at radius 3 is 2.81 bits per heavy atom. The maximum absolute atomic E-state index is 5.77. The lowest BCUT2D eigenvalue weighted by atomic mass is 10.0. The van der Waals surface area contributed by atoms with Crippen LogP contribution in [-0.4, -0.2) is 23.0 Å². The van der Waals surface area contributed by atoms with Crippen LogP contribution in [0.5, 0.6) is 5.75 Å². The molecule has 0 amide bonds. The van der Waals surface area contributed by atoms with E-state index in [2.05, 4.69) is 61.2 Å². The molecular formula is C23H24N2OS. The van der Waals surface area contributed by atoms with Crippen molar-refractivity contribution in [2.45, 2.75) is 39.3 Å². The molecular weight excluding hydrogens is 352 g/mol. The predicted octanol–water partition coefficient (Wildman–Crippen LogP) is 5.17. The molecule has 0 fully saturated rings. The smallest absolute Gasteiger partial charge is 0.123 e. The molecule has 3 aromatic rings. The Bertz CT molecular complexity index is 977. The molecule has 3 heterocycles. The first-order valence-corrected chi connectivity index (χ1v) is 10.5. The largest absolute Gasteiger partial charge is 0.493 e. The van der Waals surface area contributed by atoms with E-state index in [9.17, 15) is 0 Å². The van der Waals surface area contributed by atoms with Gasteiger partial charge in [0, 0.05) is 42.4 Å². The van der Waals surface area contributed by atoms with Gasteiger partial charge in [-0.3, -0.25) is 4.90 Å². The van der Waals surface area contributed by atoms with Crippen LogP contribution in [0.25, 0.3) is 10.6 Å². The van der Waals surface area contributed by atoms with Crippen molar-refractivity contribution in [1.82, 2.24) is 9.88 Å². The van der Waals surface area contributed by atoms with Gasteiger partial charge < -0.3 is 4.74 Å². The van der Waals surface area contributed by atoms with Crippen LogP contribution in [-0.2, 0) is 19.4 Å². The summed E-state index contributed by atoms with van der Waals surface area (Å²) in [5.41, 5.74) is 6.50. The zero-order valence-corrected chi connectivity index (χ0v) is 16.7. The molecule has 5 rings (SSSR count). The Kier molecular flexibility index (Phi) is 4.25. The van der Waals surface area contributed by atoms with Gasteiger partial charge in [0.1, 0.15) is 10.8 Å². The summed E-state index contributed by atoms with van der Waals surface area (Å²) in [7, 11) is 0. The molecule has 0 aliphatic carbocycles. The molecule has 3 nitrogen and oxygen atoms in total. The molecule has 0 saturated heterocycles. The summed E-state index contributed by atoms with van der Waals surface area (Å²) in [6, 6.07) is 15.9. The Morgan fingerprint density at radius 1 is 1.11 bits per heavy atom. The summed E-state index contributed by atoms with van der Waals surface area (Å²) in [5, 5.41) is 1.15. The fourth-order valence-electron chi connectivity index (χ4n) is 4.02. The molecule has 1 atom stereocenters. The van der Waals surface area contributed by atoms with Crippen LogP contribution in [0.4, 0.5) is 0 Å². The summed E-state index contributed by atoms with van der Waals surface area (Å²) in [5.74, 6) is 1.08. The van der Waals surface area contributed by atoms with E-state index >= 15 is 0 Å². The average molecular weight is 377 g/mol. The second kappa shape index (κ2) is 6.77. The summed E-state index contributed by atoms with van der Waals surface area (Å²) < 4.78 is 5.77. The van der Waals surface area contributed by atoms with Gasteiger partial charge in [0.2, 0.25) is 0 Å². The average Bonchev–Trinajstić information content (AvgIpc) is 3.33. The number of fused-ring (bicyclic) bond motifs is 2. The summed E-state index contributed by atoms with van der Waals surface area (Å²) in [4.78, 5) is 8.92. The highest BCUT2D eigenvalue weighted by Gasteiger charge is 2.26. The number of hydrogen-bond acceptors (Lipinski definition) is 4. The second-order valence-corrected chi connectivity index (χ2v) is 8.70. The van der Waals surface area contributed by atoms with Gasteiger partial charge in [0.15, 0.2) is 0 Å². The molecule has 1 aromatic heterocycles. The second-order valence-electron chi connectivity index (χ2n) is 7.62. The molecule has 0 spiro atoms. The SMILES string of the molecule is Cc1ccc(-c2nc3c(s2)CN(C(C)c2ccc4c(c2)OCC4)CC3)cc1. The van der Waals surface area contributed by atoms with Gasteiger partial charge in [-0.25, -0.2) is 4.98 Å². The van der Waals surface area contributed by atoms with Gasteiger partial charge in [-0.05, 0) is 31.0 Å². The number of hydrogen-bond donors (Lipinski definition) is 0. The molecule has 2 aliphatic heterocycles. The molecule has 4 heteroatoms. The van der Waals surface area contributed by atoms with Gasteiger partial charge in [0.25, 0.3) is 0 Å². The first kappa shape index (κ1) is 17.0. The highest BCUT2D eigenvalue weighted by molar-refractivity contribution is 7.15.